The number of hydrogen-bond donors (Lipinski definition) is 0. The van der Waals surface area contributed by atoms with Crippen LogP contribution in [0.2, 0.25) is 0 Å². The van der Waals surface area contributed by atoms with E-state index in [2.05, 4.69) is 0 Å². The monoisotopic (exact) mass is 520 g/mol. The molecule has 0 amide bonds. The van der Waals surface area contributed by atoms with Gasteiger partial charge >= 0.3 is 10.1 Å². The molecule has 0 heterocycles. The maximum atomic E-state index is 14.0. The fourth-order valence-corrected chi connectivity index (χ4v) is 6.74. The largest absolute Gasteiger partial charge is 0.496 e. The molecule has 0 bridgehead atoms. The molecule has 0 spiro atoms. The van der Waals surface area contributed by atoms with Crippen LogP contribution in [-0.4, -0.2) is 35.9 Å². The highest BCUT2D eigenvalue weighted by molar-refractivity contribution is 7.87. The van der Waals surface area contributed by atoms with E-state index in [1.165, 1.54) is 33.5 Å². The second-order valence-corrected chi connectivity index (χ2v) is 10.7. The third-order valence-corrected chi connectivity index (χ3v) is 8.22. The van der Waals surface area contributed by atoms with Crippen molar-refractivity contribution in [1.29, 1.82) is 0 Å². The number of ether oxygens (including phenoxy) is 3. The van der Waals surface area contributed by atoms with Crippen LogP contribution in [0.3, 0.4) is 0 Å². The summed E-state index contributed by atoms with van der Waals surface area (Å²) in [5.41, 5.74) is 3.95. The molecule has 2 atom stereocenters. The van der Waals surface area contributed by atoms with Crippen LogP contribution in [0.4, 0.5) is 0 Å². The molecule has 2 unspecified atom stereocenters. The molecule has 0 N–H and O–H groups in total. The molecule has 0 saturated carbocycles. The minimum Gasteiger partial charge on any atom is -0.496 e. The van der Waals surface area contributed by atoms with Crippen LogP contribution in [0.15, 0.2) is 94.9 Å². The van der Waals surface area contributed by atoms with Gasteiger partial charge in [0.2, 0.25) is 0 Å². The van der Waals surface area contributed by atoms with E-state index >= 15 is 0 Å². The van der Waals surface area contributed by atoms with Gasteiger partial charge in [-0.3, -0.25) is 4.18 Å². The number of rotatable bonds is 8. The lowest BCUT2D eigenvalue weighted by molar-refractivity contribution is 0.183. The van der Waals surface area contributed by atoms with E-state index in [1.807, 2.05) is 87.5 Å². The Hall–Kier alpha value is -3.55. The Labute approximate surface area is 219 Å². The number of benzene rings is 3. The molecule has 1 aliphatic carbocycles. The number of allylic oxidation sites excluding steroid dienone is 2. The molecule has 0 aliphatic heterocycles. The van der Waals surface area contributed by atoms with E-state index in [4.69, 9.17) is 18.4 Å². The van der Waals surface area contributed by atoms with E-state index in [0.717, 1.165) is 27.8 Å². The zero-order chi connectivity index (χ0) is 26.8. The molecule has 0 saturated heterocycles. The van der Waals surface area contributed by atoms with Crippen LogP contribution >= 0.6 is 0 Å². The molecule has 7 heteroatoms. The molecule has 1 aliphatic rings. The van der Waals surface area contributed by atoms with Crippen molar-refractivity contribution in [2.24, 2.45) is 0 Å². The van der Waals surface area contributed by atoms with Crippen LogP contribution in [0.1, 0.15) is 31.9 Å². The Balaban J connectivity index is 1.93. The van der Waals surface area contributed by atoms with Crippen LogP contribution in [0.25, 0.3) is 5.57 Å². The lowest BCUT2D eigenvalue weighted by Gasteiger charge is -2.43. The zero-order valence-electron chi connectivity index (χ0n) is 21.9. The Kier molecular flexibility index (Phi) is 7.48. The topological polar surface area (TPSA) is 71.1 Å². The molecule has 0 radical (unpaired) electrons. The summed E-state index contributed by atoms with van der Waals surface area (Å²) >= 11 is 0. The van der Waals surface area contributed by atoms with Crippen LogP contribution in [0.5, 0.6) is 17.2 Å². The summed E-state index contributed by atoms with van der Waals surface area (Å²) < 4.78 is 50.3. The van der Waals surface area contributed by atoms with Gasteiger partial charge in [0.25, 0.3) is 0 Å². The standard InChI is InChI=1S/C30H32O6S/c1-20-17-21(2)29(36-37(31,32)28-25(34-5)18-24(33-4)19-26(28)35-6)30(3,23-15-11-8-12-16-23)27(20)22-13-9-7-10-14-22/h7-19,29H,1-6H3. The van der Waals surface area contributed by atoms with E-state index in [1.54, 1.807) is 0 Å². The van der Waals surface area contributed by atoms with E-state index < -0.39 is 21.6 Å². The first-order chi connectivity index (χ1) is 17.7. The summed E-state index contributed by atoms with van der Waals surface area (Å²) in [6.07, 6.45) is 1.16. The van der Waals surface area contributed by atoms with Gasteiger partial charge in [-0.05, 0) is 48.6 Å². The van der Waals surface area contributed by atoms with Gasteiger partial charge in [0.1, 0.15) is 23.4 Å². The Bertz CT molecular complexity index is 1420. The maximum absolute atomic E-state index is 14.0. The van der Waals surface area contributed by atoms with Crippen molar-refractivity contribution in [2.75, 3.05) is 21.3 Å². The van der Waals surface area contributed by atoms with Crippen molar-refractivity contribution in [2.45, 2.75) is 37.2 Å². The SMILES string of the molecule is COc1cc(OC)c(S(=O)(=O)OC2C(C)=CC(C)=C(c3ccccc3)C2(C)c2ccccc2)c(OC)c1. The van der Waals surface area contributed by atoms with Gasteiger partial charge in [0, 0.05) is 17.5 Å². The van der Waals surface area contributed by atoms with Crippen LogP contribution in [-0.2, 0) is 19.7 Å². The average molecular weight is 521 g/mol. The Morgan fingerprint density at radius 3 is 1.84 bits per heavy atom. The highest BCUT2D eigenvalue weighted by Gasteiger charge is 2.47. The van der Waals surface area contributed by atoms with Gasteiger partial charge in [-0.25, -0.2) is 0 Å². The van der Waals surface area contributed by atoms with E-state index in [0.29, 0.717) is 5.75 Å². The number of methoxy groups -OCH3 is 3. The summed E-state index contributed by atoms with van der Waals surface area (Å²) in [5, 5.41) is 0. The van der Waals surface area contributed by atoms with Crippen molar-refractivity contribution in [3.05, 3.63) is 101 Å². The lowest BCUT2D eigenvalue weighted by atomic mass is 9.64. The average Bonchev–Trinajstić information content (AvgIpc) is 2.91. The van der Waals surface area contributed by atoms with Gasteiger partial charge in [-0.15, -0.1) is 0 Å². The second kappa shape index (κ2) is 10.4. The predicted octanol–water partition coefficient (Wildman–Crippen LogP) is 6.18. The molecular formula is C30H32O6S. The summed E-state index contributed by atoms with van der Waals surface area (Å²) in [6, 6.07) is 22.8. The fourth-order valence-electron chi connectivity index (χ4n) is 5.26. The fraction of sp³-hybridized carbons (Fsp3) is 0.267. The Morgan fingerprint density at radius 2 is 1.32 bits per heavy atom. The molecule has 0 fully saturated rings. The van der Waals surface area contributed by atoms with E-state index in [-0.39, 0.29) is 16.4 Å². The summed E-state index contributed by atoms with van der Waals surface area (Å²) in [5.74, 6) is 0.551. The van der Waals surface area contributed by atoms with Crippen LogP contribution in [0, 0.1) is 0 Å². The van der Waals surface area contributed by atoms with E-state index in [9.17, 15) is 8.42 Å². The third kappa shape index (κ3) is 4.77. The quantitative estimate of drug-likeness (QED) is 0.331. The second-order valence-electron chi connectivity index (χ2n) is 9.17. The minimum absolute atomic E-state index is 0.0741. The molecule has 37 heavy (non-hydrogen) atoms. The minimum atomic E-state index is -4.37. The van der Waals surface area contributed by atoms with Gasteiger partial charge in [0.15, 0.2) is 4.90 Å². The first kappa shape index (κ1) is 26.5. The molecule has 0 aromatic heterocycles. The first-order valence-electron chi connectivity index (χ1n) is 11.9. The van der Waals surface area contributed by atoms with Crippen molar-refractivity contribution in [3.8, 4) is 17.2 Å². The maximum Gasteiger partial charge on any atom is 0.305 e. The molecule has 4 rings (SSSR count). The third-order valence-electron chi connectivity index (χ3n) is 6.87. The predicted molar refractivity (Wildman–Crippen MR) is 145 cm³/mol. The van der Waals surface area contributed by atoms with Crippen molar-refractivity contribution in [3.63, 3.8) is 0 Å². The van der Waals surface area contributed by atoms with Crippen molar-refractivity contribution >= 4 is 15.7 Å². The van der Waals surface area contributed by atoms with Gasteiger partial charge in [-0.2, -0.15) is 8.42 Å². The van der Waals surface area contributed by atoms with Crippen molar-refractivity contribution in [1.82, 2.24) is 0 Å². The molecule has 194 valence electrons. The van der Waals surface area contributed by atoms with Gasteiger partial charge < -0.3 is 14.2 Å². The summed E-state index contributed by atoms with van der Waals surface area (Å²) in [4.78, 5) is -0.186. The Morgan fingerprint density at radius 1 is 0.784 bits per heavy atom. The molecular weight excluding hydrogens is 488 g/mol. The zero-order valence-corrected chi connectivity index (χ0v) is 22.8. The molecule has 3 aromatic rings. The van der Waals surface area contributed by atoms with Gasteiger partial charge in [-0.1, -0.05) is 66.7 Å². The van der Waals surface area contributed by atoms with Crippen molar-refractivity contribution < 1.29 is 26.8 Å². The van der Waals surface area contributed by atoms with Crippen LogP contribution < -0.4 is 14.2 Å². The smallest absolute Gasteiger partial charge is 0.305 e. The highest BCUT2D eigenvalue weighted by Crippen LogP contribution is 2.50. The van der Waals surface area contributed by atoms with Gasteiger partial charge in [0.05, 0.1) is 21.3 Å². The lowest BCUT2D eigenvalue weighted by Crippen LogP contribution is -2.44. The highest BCUT2D eigenvalue weighted by atomic mass is 32.2. The summed E-state index contributed by atoms with van der Waals surface area (Å²) in [6.45, 7) is 5.98. The summed E-state index contributed by atoms with van der Waals surface area (Å²) in [7, 11) is -0.0971. The molecule has 3 aromatic carbocycles. The number of hydrogen-bond acceptors (Lipinski definition) is 6. The first-order valence-corrected chi connectivity index (χ1v) is 13.3. The normalized spacial score (nSPS) is 19.8. The molecule has 6 nitrogen and oxygen atoms in total.